The topological polar surface area (TPSA) is 50.5 Å². The predicted octanol–water partition coefficient (Wildman–Crippen LogP) is 2.25. The minimum absolute atomic E-state index is 0.316. The van der Waals surface area contributed by atoms with Crippen LogP contribution in [-0.2, 0) is 0 Å². The van der Waals surface area contributed by atoms with Gasteiger partial charge in [-0.15, -0.1) is 13.2 Å². The van der Waals surface area contributed by atoms with Crippen LogP contribution < -0.4 is 0 Å². The van der Waals surface area contributed by atoms with Gasteiger partial charge in [-0.2, -0.15) is 10.0 Å². The average molecular weight is 248 g/mol. The molecule has 15 heavy (non-hydrogen) atoms. The van der Waals surface area contributed by atoms with E-state index < -0.39 is 7.65 Å². The van der Waals surface area contributed by atoms with Gasteiger partial charge in [0.15, 0.2) is 0 Å². The van der Waals surface area contributed by atoms with Gasteiger partial charge < -0.3 is 4.89 Å². The quantitative estimate of drug-likeness (QED) is 0.406. The van der Waals surface area contributed by atoms with Crippen molar-refractivity contribution < 1.29 is 4.89 Å². The fourth-order valence-corrected chi connectivity index (χ4v) is 2.17. The fourth-order valence-electron chi connectivity index (χ4n) is 1.04. The van der Waals surface area contributed by atoms with Crippen LogP contribution in [0.25, 0.3) is 0 Å². The monoisotopic (exact) mass is 247 g/mol. The maximum atomic E-state index is 9.40. The Morgan fingerprint density at radius 2 is 1.93 bits per heavy atom. The van der Waals surface area contributed by atoms with E-state index in [0.29, 0.717) is 26.1 Å². The first kappa shape index (κ1) is 14.6. The van der Waals surface area contributed by atoms with Gasteiger partial charge in [-0.05, 0) is 11.2 Å². The first-order valence-corrected chi connectivity index (χ1v) is 6.58. The van der Waals surface area contributed by atoms with Gasteiger partial charge in [0.2, 0.25) is 7.65 Å². The maximum Gasteiger partial charge on any atom is 0.218 e. The molecule has 0 aromatic rings. The summed E-state index contributed by atoms with van der Waals surface area (Å²) < 4.78 is 1.57. The lowest BCUT2D eigenvalue weighted by molar-refractivity contribution is 0.0892. The molecule has 0 bridgehead atoms. The molecule has 0 saturated heterocycles. The Morgan fingerprint density at radius 1 is 1.40 bits per heavy atom. The molecule has 6 heteroatoms. The zero-order valence-corrected chi connectivity index (χ0v) is 10.2. The normalized spacial score (nSPS) is 12.5. The highest BCUT2D eigenvalue weighted by Crippen LogP contribution is 2.41. The highest BCUT2D eigenvalue weighted by Gasteiger charge is 2.19. The summed E-state index contributed by atoms with van der Waals surface area (Å²) in [6.07, 6.45) is 3.73. The van der Waals surface area contributed by atoms with Crippen molar-refractivity contribution in [1.82, 2.24) is 9.79 Å². The number of rotatable bonds is 8. The van der Waals surface area contributed by atoms with Gasteiger partial charge in [-0.25, -0.2) is 5.01 Å². The Kier molecular flexibility index (Phi) is 8.59. The third-order valence-corrected chi connectivity index (χ3v) is 2.98. The highest BCUT2D eigenvalue weighted by atomic mass is 35.7. The molecule has 0 heterocycles. The van der Waals surface area contributed by atoms with Gasteiger partial charge in [0.1, 0.15) is 0 Å². The summed E-state index contributed by atoms with van der Waals surface area (Å²) in [5, 5.41) is 10.3. The summed E-state index contributed by atoms with van der Waals surface area (Å²) in [5.41, 5.74) is 0. The summed E-state index contributed by atoms with van der Waals surface area (Å²) in [7, 11) is -1.75. The van der Waals surface area contributed by atoms with Crippen molar-refractivity contribution in [1.29, 1.82) is 5.26 Å². The van der Waals surface area contributed by atoms with Crippen molar-refractivity contribution in [3.8, 4) is 6.07 Å². The van der Waals surface area contributed by atoms with Gasteiger partial charge in [0.25, 0.3) is 0 Å². The Bertz CT molecular complexity index is 232. The molecule has 1 atom stereocenters. The van der Waals surface area contributed by atoms with Crippen LogP contribution >= 0.6 is 18.9 Å². The molecule has 1 N–H and O–H groups in total. The fraction of sp³-hybridized carbons (Fsp3) is 0.444. The Morgan fingerprint density at radius 3 is 2.27 bits per heavy atom. The van der Waals surface area contributed by atoms with E-state index >= 15 is 0 Å². The number of hydrogen-bond donors (Lipinski definition) is 1. The molecular formula is C9H15ClN3OP. The second-order valence-corrected chi connectivity index (χ2v) is 4.54. The van der Waals surface area contributed by atoms with Crippen LogP contribution in [0.4, 0.5) is 0 Å². The molecule has 0 aromatic carbocycles. The average Bonchev–Trinajstić information content (AvgIpc) is 2.18. The summed E-state index contributed by atoms with van der Waals surface area (Å²) >= 11 is 5.67. The predicted molar refractivity (Wildman–Crippen MR) is 63.9 cm³/mol. The molecular weight excluding hydrogens is 233 g/mol. The van der Waals surface area contributed by atoms with E-state index in [4.69, 9.17) is 16.5 Å². The maximum absolute atomic E-state index is 9.40. The van der Waals surface area contributed by atoms with E-state index in [1.807, 2.05) is 6.07 Å². The van der Waals surface area contributed by atoms with Crippen LogP contribution in [0.2, 0.25) is 0 Å². The highest BCUT2D eigenvalue weighted by molar-refractivity contribution is 7.77. The van der Waals surface area contributed by atoms with Crippen molar-refractivity contribution >= 4 is 18.9 Å². The molecule has 0 rings (SSSR count). The molecule has 0 amide bonds. The lowest BCUT2D eigenvalue weighted by Gasteiger charge is -2.32. The summed E-state index contributed by atoms with van der Waals surface area (Å²) in [6, 6.07) is 2.01. The zero-order chi connectivity index (χ0) is 11.7. The van der Waals surface area contributed by atoms with Crippen LogP contribution in [0.5, 0.6) is 0 Å². The second-order valence-electron chi connectivity index (χ2n) is 2.69. The minimum Gasteiger partial charge on any atom is -0.346 e. The van der Waals surface area contributed by atoms with E-state index in [1.165, 1.54) is 0 Å². The van der Waals surface area contributed by atoms with Crippen molar-refractivity contribution in [3.05, 3.63) is 25.3 Å². The van der Waals surface area contributed by atoms with Crippen molar-refractivity contribution in [2.75, 3.05) is 19.6 Å². The second kappa shape index (κ2) is 8.84. The standard InChI is InChI=1S/C9H15ClN3OP/c1-3-7-12(8-4-2)13(15(10)14)9-5-6-11/h3-4,14H,1-2,5,7-9H2. The molecule has 0 aliphatic rings. The van der Waals surface area contributed by atoms with Crippen LogP contribution in [0.1, 0.15) is 6.42 Å². The molecule has 4 nitrogen and oxygen atoms in total. The van der Waals surface area contributed by atoms with Crippen LogP contribution in [0.15, 0.2) is 25.3 Å². The third kappa shape index (κ3) is 5.88. The number of nitrogens with zero attached hydrogens (tertiary/aromatic N) is 3. The molecule has 84 valence electrons. The van der Waals surface area contributed by atoms with Crippen molar-refractivity contribution in [2.45, 2.75) is 6.42 Å². The van der Waals surface area contributed by atoms with Gasteiger partial charge in [-0.3, -0.25) is 0 Å². The number of halogens is 1. The Balaban J connectivity index is 4.43. The Hall–Kier alpha value is -0.430. The molecule has 0 aliphatic heterocycles. The van der Waals surface area contributed by atoms with Gasteiger partial charge in [0.05, 0.1) is 6.07 Å². The first-order valence-electron chi connectivity index (χ1n) is 4.43. The number of nitriles is 1. The van der Waals surface area contributed by atoms with Crippen LogP contribution in [-0.4, -0.2) is 34.3 Å². The molecule has 0 radical (unpaired) electrons. The number of hydrazine groups is 1. The lowest BCUT2D eigenvalue weighted by atomic mass is 10.5. The molecule has 0 spiro atoms. The summed E-state index contributed by atoms with van der Waals surface area (Å²) in [4.78, 5) is 9.40. The molecule has 0 fully saturated rings. The SMILES string of the molecule is C=CCN(CC=C)N(CCC#N)P(O)Cl. The van der Waals surface area contributed by atoms with Crippen molar-refractivity contribution in [2.24, 2.45) is 0 Å². The van der Waals surface area contributed by atoms with Crippen LogP contribution in [0.3, 0.4) is 0 Å². The third-order valence-electron chi connectivity index (χ3n) is 1.62. The van der Waals surface area contributed by atoms with Crippen molar-refractivity contribution in [3.63, 3.8) is 0 Å². The molecule has 0 aromatic heterocycles. The van der Waals surface area contributed by atoms with Gasteiger partial charge >= 0.3 is 0 Å². The zero-order valence-electron chi connectivity index (χ0n) is 8.51. The van der Waals surface area contributed by atoms with E-state index in [9.17, 15) is 4.89 Å². The molecule has 1 unspecified atom stereocenters. The smallest absolute Gasteiger partial charge is 0.218 e. The van der Waals surface area contributed by atoms with E-state index in [2.05, 4.69) is 13.2 Å². The van der Waals surface area contributed by atoms with E-state index in [0.717, 1.165) is 0 Å². The molecule has 0 aliphatic carbocycles. The lowest BCUT2D eigenvalue weighted by Crippen LogP contribution is -2.39. The summed E-state index contributed by atoms with van der Waals surface area (Å²) in [6.45, 7) is 8.76. The first-order chi connectivity index (χ1) is 7.17. The summed E-state index contributed by atoms with van der Waals surface area (Å²) in [5.74, 6) is 0. The van der Waals surface area contributed by atoms with E-state index in [1.54, 1.807) is 21.9 Å². The van der Waals surface area contributed by atoms with Crippen LogP contribution in [0, 0.1) is 11.3 Å². The molecule has 0 saturated carbocycles. The van der Waals surface area contributed by atoms with Gasteiger partial charge in [-0.1, -0.05) is 12.2 Å². The van der Waals surface area contributed by atoms with E-state index in [-0.39, 0.29) is 0 Å². The number of hydrogen-bond acceptors (Lipinski definition) is 4. The Labute approximate surface area is 96.7 Å². The van der Waals surface area contributed by atoms with Gasteiger partial charge in [0, 0.05) is 26.1 Å². The minimum atomic E-state index is -1.75. The largest absolute Gasteiger partial charge is 0.346 e.